The predicted molar refractivity (Wildman–Crippen MR) is 120 cm³/mol. The maximum atomic E-state index is 14.2. The number of piperazine rings is 1. The Hall–Kier alpha value is -3.01. The number of halogens is 2. The molecule has 1 fully saturated rings. The molecule has 33 heavy (non-hydrogen) atoms. The standard InChI is InChI=1S/C23H31F2N5O3/c1-15-20(16(2)30(27-15)19-7-6-17(24)14-18(19)25)21(31)26-8-9-28-10-12-29(13-11-28)22(32)33-23(3,4)5/h6-7,14H,8-13H2,1-5H3,(H,26,31). The number of nitrogens with zero attached hydrogens (tertiary/aromatic N) is 4. The molecule has 0 aliphatic carbocycles. The summed E-state index contributed by atoms with van der Waals surface area (Å²) in [7, 11) is 0. The maximum Gasteiger partial charge on any atom is 0.410 e. The van der Waals surface area contributed by atoms with Crippen LogP contribution in [0.5, 0.6) is 0 Å². The average Bonchev–Trinajstić information content (AvgIpc) is 3.01. The molecule has 10 heteroatoms. The molecule has 2 aromatic rings. The van der Waals surface area contributed by atoms with Crippen molar-refractivity contribution in [3.63, 3.8) is 0 Å². The molecule has 8 nitrogen and oxygen atoms in total. The molecule has 1 aliphatic rings. The van der Waals surface area contributed by atoms with Crippen LogP contribution in [-0.2, 0) is 4.74 Å². The van der Waals surface area contributed by atoms with E-state index >= 15 is 0 Å². The Labute approximate surface area is 192 Å². The third kappa shape index (κ3) is 6.07. The van der Waals surface area contributed by atoms with Gasteiger partial charge in [-0.25, -0.2) is 18.3 Å². The van der Waals surface area contributed by atoms with Crippen molar-refractivity contribution in [2.24, 2.45) is 0 Å². The van der Waals surface area contributed by atoms with Gasteiger partial charge in [0.25, 0.3) is 5.91 Å². The van der Waals surface area contributed by atoms with Gasteiger partial charge >= 0.3 is 6.09 Å². The zero-order valence-electron chi connectivity index (χ0n) is 19.7. The van der Waals surface area contributed by atoms with E-state index in [1.165, 1.54) is 10.7 Å². The van der Waals surface area contributed by atoms with Gasteiger partial charge in [0, 0.05) is 45.3 Å². The summed E-state index contributed by atoms with van der Waals surface area (Å²) in [4.78, 5) is 28.8. The number of hydrogen-bond acceptors (Lipinski definition) is 5. The van der Waals surface area contributed by atoms with Crippen LogP contribution in [0, 0.1) is 25.5 Å². The van der Waals surface area contributed by atoms with Crippen molar-refractivity contribution in [3.8, 4) is 5.69 Å². The van der Waals surface area contributed by atoms with E-state index in [-0.39, 0.29) is 17.7 Å². The quantitative estimate of drug-likeness (QED) is 0.737. The SMILES string of the molecule is Cc1nn(-c2ccc(F)cc2F)c(C)c1C(=O)NCCN1CCN(C(=O)OC(C)(C)C)CC1. The summed E-state index contributed by atoms with van der Waals surface area (Å²) in [6.07, 6.45) is -0.309. The molecule has 1 N–H and O–H groups in total. The highest BCUT2D eigenvalue weighted by Crippen LogP contribution is 2.21. The summed E-state index contributed by atoms with van der Waals surface area (Å²) in [5, 5.41) is 7.16. The summed E-state index contributed by atoms with van der Waals surface area (Å²) < 4.78 is 34.1. The van der Waals surface area contributed by atoms with E-state index in [0.29, 0.717) is 56.2 Å². The summed E-state index contributed by atoms with van der Waals surface area (Å²) in [6.45, 7) is 12.4. The van der Waals surface area contributed by atoms with Crippen molar-refractivity contribution in [1.29, 1.82) is 0 Å². The van der Waals surface area contributed by atoms with E-state index in [0.717, 1.165) is 12.1 Å². The first-order valence-electron chi connectivity index (χ1n) is 11.0. The molecule has 2 amide bonds. The third-order valence-electron chi connectivity index (χ3n) is 5.39. The summed E-state index contributed by atoms with van der Waals surface area (Å²) in [6, 6.07) is 3.23. The Kier molecular flexibility index (Phi) is 7.36. The molecule has 1 saturated heterocycles. The van der Waals surface area contributed by atoms with Crippen LogP contribution in [-0.4, -0.2) is 76.5 Å². The van der Waals surface area contributed by atoms with Crippen LogP contribution in [0.3, 0.4) is 0 Å². The molecule has 0 spiro atoms. The Morgan fingerprint density at radius 3 is 2.39 bits per heavy atom. The van der Waals surface area contributed by atoms with Crippen molar-refractivity contribution in [2.75, 3.05) is 39.3 Å². The van der Waals surface area contributed by atoms with Crippen LogP contribution in [0.15, 0.2) is 18.2 Å². The Morgan fingerprint density at radius 1 is 1.12 bits per heavy atom. The first-order valence-corrected chi connectivity index (χ1v) is 11.0. The van der Waals surface area contributed by atoms with Crippen molar-refractivity contribution in [3.05, 3.63) is 46.8 Å². The van der Waals surface area contributed by atoms with Crippen LogP contribution in [0.1, 0.15) is 42.5 Å². The lowest BCUT2D eigenvalue weighted by atomic mass is 10.2. The van der Waals surface area contributed by atoms with Crippen LogP contribution < -0.4 is 5.32 Å². The Balaban J connectivity index is 1.53. The van der Waals surface area contributed by atoms with Gasteiger partial charge in [-0.1, -0.05) is 0 Å². The molecule has 0 radical (unpaired) electrons. The minimum atomic E-state index is -0.752. The lowest BCUT2D eigenvalue weighted by Gasteiger charge is -2.35. The van der Waals surface area contributed by atoms with E-state index in [9.17, 15) is 18.4 Å². The van der Waals surface area contributed by atoms with Gasteiger partial charge in [-0.05, 0) is 46.8 Å². The second-order valence-electron chi connectivity index (χ2n) is 9.12. The molecule has 0 atom stereocenters. The molecular weight excluding hydrogens is 432 g/mol. The monoisotopic (exact) mass is 463 g/mol. The van der Waals surface area contributed by atoms with Gasteiger partial charge in [-0.2, -0.15) is 5.10 Å². The van der Waals surface area contributed by atoms with Crippen molar-refractivity contribution in [1.82, 2.24) is 24.9 Å². The normalized spacial score (nSPS) is 14.9. The molecule has 3 rings (SSSR count). The van der Waals surface area contributed by atoms with Crippen LogP contribution in [0.2, 0.25) is 0 Å². The second kappa shape index (κ2) is 9.86. The summed E-state index contributed by atoms with van der Waals surface area (Å²) in [5.41, 5.74) is 0.860. The van der Waals surface area contributed by atoms with E-state index in [1.54, 1.807) is 18.7 Å². The molecule has 2 heterocycles. The number of hydrogen-bond donors (Lipinski definition) is 1. The van der Waals surface area contributed by atoms with Crippen molar-refractivity contribution >= 4 is 12.0 Å². The van der Waals surface area contributed by atoms with Crippen molar-refractivity contribution in [2.45, 2.75) is 40.2 Å². The van der Waals surface area contributed by atoms with E-state index in [1.807, 2.05) is 20.8 Å². The highest BCUT2D eigenvalue weighted by molar-refractivity contribution is 5.96. The fourth-order valence-corrected chi connectivity index (χ4v) is 3.76. The fraction of sp³-hybridized carbons (Fsp3) is 0.522. The van der Waals surface area contributed by atoms with E-state index in [4.69, 9.17) is 4.74 Å². The summed E-state index contributed by atoms with van der Waals surface area (Å²) in [5.74, 6) is -1.73. The number of amides is 2. The number of benzene rings is 1. The van der Waals surface area contributed by atoms with E-state index < -0.39 is 17.2 Å². The van der Waals surface area contributed by atoms with E-state index in [2.05, 4.69) is 15.3 Å². The zero-order valence-corrected chi connectivity index (χ0v) is 19.7. The number of carbonyl (C=O) groups is 2. The third-order valence-corrected chi connectivity index (χ3v) is 5.39. The number of aromatic nitrogens is 2. The zero-order chi connectivity index (χ0) is 24.3. The molecule has 180 valence electrons. The topological polar surface area (TPSA) is 79.7 Å². The van der Waals surface area contributed by atoms with Crippen LogP contribution in [0.25, 0.3) is 5.69 Å². The predicted octanol–water partition coefficient (Wildman–Crippen LogP) is 3.05. The highest BCUT2D eigenvalue weighted by Gasteiger charge is 2.26. The molecule has 1 aliphatic heterocycles. The minimum absolute atomic E-state index is 0.0823. The van der Waals surface area contributed by atoms with Crippen LogP contribution >= 0.6 is 0 Å². The lowest BCUT2D eigenvalue weighted by molar-refractivity contribution is 0.0147. The van der Waals surface area contributed by atoms with Gasteiger partial charge in [0.2, 0.25) is 0 Å². The maximum absolute atomic E-state index is 14.2. The molecule has 0 unspecified atom stereocenters. The number of ether oxygens (including phenoxy) is 1. The first-order chi connectivity index (χ1) is 15.5. The molecular formula is C23H31F2N5O3. The van der Waals surface area contributed by atoms with Gasteiger partial charge in [-0.3, -0.25) is 9.69 Å². The molecule has 1 aromatic carbocycles. The van der Waals surface area contributed by atoms with Gasteiger partial charge in [0.05, 0.1) is 17.0 Å². The van der Waals surface area contributed by atoms with Crippen molar-refractivity contribution < 1.29 is 23.1 Å². The summed E-state index contributed by atoms with van der Waals surface area (Å²) >= 11 is 0. The first kappa shape index (κ1) is 24.6. The molecule has 0 saturated carbocycles. The minimum Gasteiger partial charge on any atom is -0.444 e. The number of rotatable bonds is 5. The smallest absolute Gasteiger partial charge is 0.410 e. The number of carbonyl (C=O) groups excluding carboxylic acids is 2. The Morgan fingerprint density at radius 2 is 1.79 bits per heavy atom. The largest absolute Gasteiger partial charge is 0.444 e. The number of aryl methyl sites for hydroxylation is 1. The lowest BCUT2D eigenvalue weighted by Crippen LogP contribution is -2.51. The number of nitrogens with one attached hydrogen (secondary N) is 1. The fourth-order valence-electron chi connectivity index (χ4n) is 3.76. The molecule has 0 bridgehead atoms. The highest BCUT2D eigenvalue weighted by atomic mass is 19.1. The average molecular weight is 464 g/mol. The molecule has 1 aromatic heterocycles. The Bertz CT molecular complexity index is 1020. The van der Waals surface area contributed by atoms with Gasteiger partial charge in [0.1, 0.15) is 17.1 Å². The van der Waals surface area contributed by atoms with Crippen LogP contribution in [0.4, 0.5) is 13.6 Å². The van der Waals surface area contributed by atoms with Gasteiger partial charge in [-0.15, -0.1) is 0 Å². The second-order valence-corrected chi connectivity index (χ2v) is 9.12. The van der Waals surface area contributed by atoms with Gasteiger partial charge < -0.3 is 15.0 Å². The van der Waals surface area contributed by atoms with Gasteiger partial charge in [0.15, 0.2) is 5.82 Å².